The quantitative estimate of drug-likeness (QED) is 0.700. The second-order valence-corrected chi connectivity index (χ2v) is 6.13. The van der Waals surface area contributed by atoms with Gasteiger partial charge in [-0.15, -0.1) is 0 Å². The van der Waals surface area contributed by atoms with E-state index in [0.717, 1.165) is 12.8 Å². The highest BCUT2D eigenvalue weighted by molar-refractivity contribution is 5.90. The summed E-state index contributed by atoms with van der Waals surface area (Å²) >= 11 is 0. The zero-order valence-corrected chi connectivity index (χ0v) is 12.1. The number of amides is 1. The first-order valence-corrected chi connectivity index (χ1v) is 7.28. The average molecular weight is 284 g/mol. The molecule has 20 heavy (non-hydrogen) atoms. The van der Waals surface area contributed by atoms with Crippen LogP contribution in [0.4, 0.5) is 0 Å². The predicted molar refractivity (Wildman–Crippen MR) is 73.3 cm³/mol. The fourth-order valence-electron chi connectivity index (χ4n) is 3.32. The molecule has 4 atom stereocenters. The number of hydrogen-bond donors (Lipinski definition) is 3. The second kappa shape index (κ2) is 6.10. The van der Waals surface area contributed by atoms with Gasteiger partial charge in [0.1, 0.15) is 5.54 Å². The topological polar surface area (TPSA) is 87.7 Å². The van der Waals surface area contributed by atoms with Crippen LogP contribution in [0.25, 0.3) is 0 Å². The van der Waals surface area contributed by atoms with E-state index in [9.17, 15) is 14.7 Å². The van der Waals surface area contributed by atoms with Crippen molar-refractivity contribution in [3.63, 3.8) is 0 Å². The van der Waals surface area contributed by atoms with Crippen LogP contribution in [-0.2, 0) is 14.3 Å². The number of aliphatic carboxylic acids is 1. The molecule has 3 N–H and O–H groups in total. The molecule has 2 fully saturated rings. The van der Waals surface area contributed by atoms with E-state index in [1.807, 2.05) is 6.92 Å². The van der Waals surface area contributed by atoms with Crippen molar-refractivity contribution >= 4 is 11.9 Å². The molecular formula is C14H24N2O4. The van der Waals surface area contributed by atoms with E-state index in [0.29, 0.717) is 31.7 Å². The largest absolute Gasteiger partial charge is 0.480 e. The van der Waals surface area contributed by atoms with Crippen LogP contribution in [0.5, 0.6) is 0 Å². The number of carboxylic acids is 1. The molecule has 1 aliphatic carbocycles. The Morgan fingerprint density at radius 3 is 2.75 bits per heavy atom. The van der Waals surface area contributed by atoms with Crippen molar-refractivity contribution in [1.29, 1.82) is 0 Å². The maximum absolute atomic E-state index is 12.3. The number of methoxy groups -OCH3 is 1. The Labute approximate surface area is 119 Å². The number of nitrogens with one attached hydrogen (secondary N) is 2. The average Bonchev–Trinajstić information content (AvgIpc) is 2.87. The molecule has 1 saturated heterocycles. The van der Waals surface area contributed by atoms with E-state index in [4.69, 9.17) is 4.74 Å². The maximum atomic E-state index is 12.3. The fourth-order valence-corrected chi connectivity index (χ4v) is 3.32. The Bertz CT molecular complexity index is 387. The van der Waals surface area contributed by atoms with Gasteiger partial charge in [-0.1, -0.05) is 19.8 Å². The highest BCUT2D eigenvalue weighted by atomic mass is 16.5. The summed E-state index contributed by atoms with van der Waals surface area (Å²) < 4.78 is 5.21. The Balaban J connectivity index is 2.01. The summed E-state index contributed by atoms with van der Waals surface area (Å²) in [5, 5.41) is 15.4. The monoisotopic (exact) mass is 284 g/mol. The van der Waals surface area contributed by atoms with Gasteiger partial charge in [0, 0.05) is 13.7 Å². The van der Waals surface area contributed by atoms with Crippen molar-refractivity contribution in [2.24, 2.45) is 5.92 Å². The van der Waals surface area contributed by atoms with Crippen molar-refractivity contribution in [2.45, 2.75) is 56.7 Å². The summed E-state index contributed by atoms with van der Waals surface area (Å²) in [6.45, 7) is 2.67. The SMILES string of the molecule is COC1CNC(C(=O)NC2(C(=O)O)CCCC(C)C2)C1. The lowest BCUT2D eigenvalue weighted by molar-refractivity contribution is -0.150. The van der Waals surface area contributed by atoms with Gasteiger partial charge in [0.25, 0.3) is 0 Å². The molecule has 6 nitrogen and oxygen atoms in total. The fraction of sp³-hybridized carbons (Fsp3) is 0.857. The standard InChI is InChI=1S/C14H24N2O4/c1-9-4-3-5-14(7-9,13(18)19)16-12(17)11-6-10(20-2)8-15-11/h9-11,15H,3-8H2,1-2H3,(H,16,17)(H,18,19). The molecule has 0 aromatic carbocycles. The Kier molecular flexibility index (Phi) is 4.65. The lowest BCUT2D eigenvalue weighted by Gasteiger charge is -2.37. The van der Waals surface area contributed by atoms with Crippen LogP contribution in [-0.4, -0.2) is 48.3 Å². The molecule has 0 radical (unpaired) electrons. The normalized spacial score (nSPS) is 37.6. The number of carbonyl (C=O) groups excluding carboxylic acids is 1. The van der Waals surface area contributed by atoms with E-state index >= 15 is 0 Å². The van der Waals surface area contributed by atoms with Gasteiger partial charge in [-0.2, -0.15) is 0 Å². The third-order valence-electron chi connectivity index (χ3n) is 4.51. The molecular weight excluding hydrogens is 260 g/mol. The van der Waals surface area contributed by atoms with Crippen LogP contribution in [0.15, 0.2) is 0 Å². The molecule has 1 amide bonds. The van der Waals surface area contributed by atoms with Crippen molar-refractivity contribution < 1.29 is 19.4 Å². The third kappa shape index (κ3) is 3.12. The lowest BCUT2D eigenvalue weighted by Crippen LogP contribution is -2.59. The van der Waals surface area contributed by atoms with Gasteiger partial charge in [0.05, 0.1) is 12.1 Å². The van der Waals surface area contributed by atoms with Crippen molar-refractivity contribution in [3.05, 3.63) is 0 Å². The lowest BCUT2D eigenvalue weighted by atomic mass is 9.76. The first-order chi connectivity index (χ1) is 9.47. The molecule has 0 spiro atoms. The van der Waals surface area contributed by atoms with Gasteiger partial charge >= 0.3 is 5.97 Å². The molecule has 1 saturated carbocycles. The minimum Gasteiger partial charge on any atom is -0.480 e. The zero-order chi connectivity index (χ0) is 14.8. The van der Waals surface area contributed by atoms with Crippen LogP contribution in [0, 0.1) is 5.92 Å². The Morgan fingerprint density at radius 2 is 2.20 bits per heavy atom. The summed E-state index contributed by atoms with van der Waals surface area (Å²) in [4.78, 5) is 23.9. The number of carbonyl (C=O) groups is 2. The summed E-state index contributed by atoms with van der Waals surface area (Å²) in [6, 6.07) is -0.353. The van der Waals surface area contributed by atoms with E-state index in [2.05, 4.69) is 10.6 Å². The van der Waals surface area contributed by atoms with Gasteiger partial charge in [-0.25, -0.2) is 4.79 Å². The van der Waals surface area contributed by atoms with Crippen LogP contribution < -0.4 is 10.6 Å². The number of rotatable bonds is 4. The van der Waals surface area contributed by atoms with Gasteiger partial charge in [0.2, 0.25) is 5.91 Å². The number of carboxylic acid groups (broad SMARTS) is 1. The van der Waals surface area contributed by atoms with E-state index in [1.165, 1.54) is 0 Å². The minimum absolute atomic E-state index is 0.0248. The molecule has 2 aliphatic rings. The van der Waals surface area contributed by atoms with Crippen molar-refractivity contribution in [3.8, 4) is 0 Å². The molecule has 1 aliphatic heterocycles. The van der Waals surface area contributed by atoms with Crippen LogP contribution in [0.3, 0.4) is 0 Å². The van der Waals surface area contributed by atoms with Crippen LogP contribution in [0.2, 0.25) is 0 Å². The van der Waals surface area contributed by atoms with Crippen LogP contribution in [0.1, 0.15) is 39.0 Å². The summed E-state index contributed by atoms with van der Waals surface area (Å²) in [7, 11) is 1.62. The first-order valence-electron chi connectivity index (χ1n) is 7.28. The van der Waals surface area contributed by atoms with E-state index in [-0.39, 0.29) is 18.1 Å². The molecule has 6 heteroatoms. The van der Waals surface area contributed by atoms with Gasteiger partial charge in [0.15, 0.2) is 0 Å². The summed E-state index contributed by atoms with van der Waals surface area (Å²) in [5.41, 5.74) is -1.10. The number of ether oxygens (including phenoxy) is 1. The van der Waals surface area contributed by atoms with Gasteiger partial charge in [-0.3, -0.25) is 4.79 Å². The maximum Gasteiger partial charge on any atom is 0.329 e. The van der Waals surface area contributed by atoms with E-state index in [1.54, 1.807) is 7.11 Å². The Morgan fingerprint density at radius 1 is 1.45 bits per heavy atom. The zero-order valence-electron chi connectivity index (χ0n) is 12.1. The second-order valence-electron chi connectivity index (χ2n) is 6.13. The molecule has 114 valence electrons. The Hall–Kier alpha value is -1.14. The molecule has 4 unspecified atom stereocenters. The molecule has 2 rings (SSSR count). The molecule has 1 heterocycles. The molecule has 0 aromatic rings. The predicted octanol–water partition coefficient (Wildman–Crippen LogP) is 0.513. The van der Waals surface area contributed by atoms with E-state index < -0.39 is 11.5 Å². The minimum atomic E-state index is -1.10. The van der Waals surface area contributed by atoms with Crippen LogP contribution >= 0.6 is 0 Å². The third-order valence-corrected chi connectivity index (χ3v) is 4.51. The highest BCUT2D eigenvalue weighted by Gasteiger charge is 2.44. The van der Waals surface area contributed by atoms with Crippen molar-refractivity contribution in [1.82, 2.24) is 10.6 Å². The summed E-state index contributed by atoms with van der Waals surface area (Å²) in [5.74, 6) is -0.817. The molecule has 0 bridgehead atoms. The van der Waals surface area contributed by atoms with Crippen molar-refractivity contribution in [2.75, 3.05) is 13.7 Å². The smallest absolute Gasteiger partial charge is 0.329 e. The molecule has 0 aromatic heterocycles. The van der Waals surface area contributed by atoms with Gasteiger partial charge in [-0.05, 0) is 25.2 Å². The first kappa shape index (κ1) is 15.3. The number of hydrogen-bond acceptors (Lipinski definition) is 4. The highest BCUT2D eigenvalue weighted by Crippen LogP contribution is 2.32. The van der Waals surface area contributed by atoms with Gasteiger partial charge < -0.3 is 20.5 Å². The summed E-state index contributed by atoms with van der Waals surface area (Å²) in [6.07, 6.45) is 3.50.